The number of aromatic amines is 1. The van der Waals surface area contributed by atoms with Gasteiger partial charge in [-0.15, -0.1) is 0 Å². The normalized spacial score (nSPS) is 14.5. The molecule has 0 bridgehead atoms. The summed E-state index contributed by atoms with van der Waals surface area (Å²) in [5.74, 6) is -1.27. The highest BCUT2D eigenvalue weighted by Gasteiger charge is 2.29. The molecule has 0 saturated heterocycles. The molecular weight excluding hydrogens is 443 g/mol. The molecule has 0 amide bonds. The van der Waals surface area contributed by atoms with Crippen LogP contribution in [0.3, 0.4) is 0 Å². The monoisotopic (exact) mass is 464 g/mol. The minimum Gasteiger partial charge on any atom is -0.478 e. The Kier molecular flexibility index (Phi) is 5.94. The van der Waals surface area contributed by atoms with Crippen LogP contribution in [0.4, 0.5) is 4.39 Å². The van der Waals surface area contributed by atoms with Gasteiger partial charge in [0.25, 0.3) is 0 Å². The number of nitrogens with zero attached hydrogens (tertiary/aromatic N) is 3. The fourth-order valence-corrected chi connectivity index (χ4v) is 4.51. The second-order valence-electron chi connectivity index (χ2n) is 8.51. The Labute approximate surface area is 201 Å². The zero-order chi connectivity index (χ0) is 24.4. The van der Waals surface area contributed by atoms with Crippen molar-refractivity contribution in [1.29, 1.82) is 5.26 Å². The number of pyridine rings is 1. The van der Waals surface area contributed by atoms with Gasteiger partial charge in [-0.05, 0) is 76.4 Å². The maximum Gasteiger partial charge on any atom is 0.328 e. The third kappa shape index (κ3) is 4.34. The van der Waals surface area contributed by atoms with Crippen LogP contribution in [0.15, 0.2) is 67.0 Å². The number of benzene rings is 2. The van der Waals surface area contributed by atoms with E-state index in [1.807, 2.05) is 36.4 Å². The molecule has 1 aliphatic carbocycles. The number of rotatable bonds is 6. The highest BCUT2D eigenvalue weighted by atomic mass is 19.1. The van der Waals surface area contributed by atoms with Gasteiger partial charge in [-0.1, -0.05) is 36.8 Å². The van der Waals surface area contributed by atoms with Crippen molar-refractivity contribution in [2.45, 2.75) is 19.3 Å². The Hall–Kier alpha value is -4.57. The van der Waals surface area contributed by atoms with Crippen molar-refractivity contribution in [2.24, 2.45) is 5.92 Å². The number of fused-ring (bicyclic) bond motifs is 1. The number of nitrogens with one attached hydrogen (secondary N) is 1. The molecule has 172 valence electrons. The Balaban J connectivity index is 1.78. The molecule has 1 aliphatic rings. The molecule has 1 fully saturated rings. The summed E-state index contributed by atoms with van der Waals surface area (Å²) in [5, 5.41) is 25.6. The molecule has 2 aromatic carbocycles. The van der Waals surface area contributed by atoms with Crippen LogP contribution in [-0.4, -0.2) is 26.3 Å². The first-order valence-corrected chi connectivity index (χ1v) is 11.3. The summed E-state index contributed by atoms with van der Waals surface area (Å²) in [6, 6.07) is 17.2. The average Bonchev–Trinajstić information content (AvgIpc) is 3.22. The number of aliphatic carboxylic acids is 1. The number of hydrogen-bond acceptors (Lipinski definition) is 4. The number of carboxylic acid groups (broad SMARTS) is 1. The highest BCUT2D eigenvalue weighted by Crippen LogP contribution is 2.46. The van der Waals surface area contributed by atoms with Crippen LogP contribution < -0.4 is 0 Å². The van der Waals surface area contributed by atoms with Crippen LogP contribution >= 0.6 is 0 Å². The number of allylic oxidation sites excluding steroid dienone is 1. The van der Waals surface area contributed by atoms with Crippen molar-refractivity contribution >= 4 is 34.1 Å². The molecule has 0 spiro atoms. The van der Waals surface area contributed by atoms with Crippen LogP contribution in [-0.2, 0) is 4.79 Å². The molecule has 5 rings (SSSR count). The van der Waals surface area contributed by atoms with Crippen molar-refractivity contribution in [3.05, 3.63) is 101 Å². The zero-order valence-electron chi connectivity index (χ0n) is 18.7. The van der Waals surface area contributed by atoms with Crippen molar-refractivity contribution in [1.82, 2.24) is 15.2 Å². The van der Waals surface area contributed by atoms with Crippen molar-refractivity contribution in [3.63, 3.8) is 0 Å². The number of hydrogen-bond donors (Lipinski definition) is 2. The van der Waals surface area contributed by atoms with Gasteiger partial charge in [0.05, 0.1) is 16.5 Å². The lowest BCUT2D eigenvalue weighted by molar-refractivity contribution is -0.131. The minimum absolute atomic E-state index is 0.246. The van der Waals surface area contributed by atoms with Gasteiger partial charge in [0.2, 0.25) is 5.95 Å². The molecule has 2 heterocycles. The molecule has 35 heavy (non-hydrogen) atoms. The number of carbonyl (C=O) groups is 1. The predicted octanol–water partition coefficient (Wildman–Crippen LogP) is 5.83. The smallest absolute Gasteiger partial charge is 0.328 e. The molecule has 1 saturated carbocycles. The maximum absolute atomic E-state index is 14.4. The molecule has 0 aliphatic heterocycles. The summed E-state index contributed by atoms with van der Waals surface area (Å²) in [6.07, 6.45) is 8.98. The first-order chi connectivity index (χ1) is 17.0. The van der Waals surface area contributed by atoms with E-state index in [0.717, 1.165) is 58.7 Å². The number of carboxylic acids is 1. The van der Waals surface area contributed by atoms with Gasteiger partial charge in [-0.2, -0.15) is 14.8 Å². The van der Waals surface area contributed by atoms with Gasteiger partial charge in [-0.25, -0.2) is 4.79 Å². The average molecular weight is 465 g/mol. The van der Waals surface area contributed by atoms with Crippen LogP contribution in [0.5, 0.6) is 0 Å². The van der Waals surface area contributed by atoms with Gasteiger partial charge >= 0.3 is 5.97 Å². The lowest BCUT2D eigenvalue weighted by atomic mass is 9.72. The summed E-state index contributed by atoms with van der Waals surface area (Å²) in [4.78, 5) is 15.0. The SMILES string of the molecule is N#Cc1cnccc1C(=C(c1ccc(/C=C/C(=O)O)cc1)c1ccc2n[nH]c(F)c2c1)C1CCC1. The number of aromatic nitrogens is 3. The van der Waals surface area contributed by atoms with Gasteiger partial charge in [0.1, 0.15) is 6.07 Å². The summed E-state index contributed by atoms with van der Waals surface area (Å²) >= 11 is 0. The molecule has 0 unspecified atom stereocenters. The summed E-state index contributed by atoms with van der Waals surface area (Å²) in [5.41, 5.74) is 6.25. The lowest BCUT2D eigenvalue weighted by Crippen LogP contribution is -2.16. The number of H-pyrrole nitrogens is 1. The van der Waals surface area contributed by atoms with E-state index in [0.29, 0.717) is 16.5 Å². The summed E-state index contributed by atoms with van der Waals surface area (Å²) in [6.45, 7) is 0. The molecule has 6 nitrogen and oxygen atoms in total. The molecule has 4 aromatic rings. The largest absolute Gasteiger partial charge is 0.478 e. The second kappa shape index (κ2) is 9.35. The first kappa shape index (κ1) is 22.2. The Morgan fingerprint density at radius 1 is 1.14 bits per heavy atom. The van der Waals surface area contributed by atoms with Crippen molar-refractivity contribution in [2.75, 3.05) is 0 Å². The molecule has 0 radical (unpaired) electrons. The molecule has 2 N–H and O–H groups in total. The summed E-state index contributed by atoms with van der Waals surface area (Å²) < 4.78 is 14.4. The van der Waals surface area contributed by atoms with Gasteiger partial charge in [0.15, 0.2) is 0 Å². The molecule has 0 atom stereocenters. The predicted molar refractivity (Wildman–Crippen MR) is 131 cm³/mol. The van der Waals surface area contributed by atoms with E-state index >= 15 is 0 Å². The third-order valence-corrected chi connectivity index (χ3v) is 6.43. The lowest BCUT2D eigenvalue weighted by Gasteiger charge is -2.32. The van der Waals surface area contributed by atoms with E-state index in [1.165, 1.54) is 6.08 Å². The van der Waals surface area contributed by atoms with Crippen LogP contribution in [0.2, 0.25) is 0 Å². The summed E-state index contributed by atoms with van der Waals surface area (Å²) in [7, 11) is 0. The van der Waals surface area contributed by atoms with E-state index in [9.17, 15) is 14.4 Å². The van der Waals surface area contributed by atoms with E-state index in [2.05, 4.69) is 21.3 Å². The van der Waals surface area contributed by atoms with E-state index < -0.39 is 11.9 Å². The first-order valence-electron chi connectivity index (χ1n) is 11.3. The van der Waals surface area contributed by atoms with Crippen LogP contribution in [0, 0.1) is 23.2 Å². The van der Waals surface area contributed by atoms with E-state index in [4.69, 9.17) is 5.11 Å². The Morgan fingerprint density at radius 2 is 1.91 bits per heavy atom. The Bertz CT molecular complexity index is 1520. The van der Waals surface area contributed by atoms with Crippen molar-refractivity contribution < 1.29 is 14.3 Å². The quantitative estimate of drug-likeness (QED) is 0.350. The van der Waals surface area contributed by atoms with E-state index in [-0.39, 0.29) is 5.92 Å². The van der Waals surface area contributed by atoms with Crippen LogP contribution in [0.1, 0.15) is 47.1 Å². The number of nitriles is 1. The topological polar surface area (TPSA) is 103 Å². The maximum atomic E-state index is 14.4. The fraction of sp³-hybridized carbons (Fsp3) is 0.143. The standard InChI is InChI=1S/C28H21FN4O2/c29-28-23-14-20(9-10-24(23)32-33-28)26(19-7-4-17(5-8-19)6-11-25(34)35)27(18-2-1-3-18)22-12-13-31-16-21(22)15-30/h4-14,16,18H,1-3H2,(H,32,33)(H,34,35)/b11-6+,27-26?. The van der Waals surface area contributed by atoms with Gasteiger partial charge in [-0.3, -0.25) is 10.1 Å². The number of halogens is 1. The van der Waals surface area contributed by atoms with Crippen LogP contribution in [0.25, 0.3) is 28.1 Å². The third-order valence-electron chi connectivity index (χ3n) is 6.43. The minimum atomic E-state index is -1.01. The second-order valence-corrected chi connectivity index (χ2v) is 8.51. The molecule has 7 heteroatoms. The van der Waals surface area contributed by atoms with Gasteiger partial charge < -0.3 is 5.11 Å². The highest BCUT2D eigenvalue weighted by molar-refractivity contribution is 6.02. The van der Waals surface area contributed by atoms with E-state index in [1.54, 1.807) is 24.5 Å². The molecule has 2 aromatic heterocycles. The zero-order valence-corrected chi connectivity index (χ0v) is 18.7. The fourth-order valence-electron chi connectivity index (χ4n) is 4.51. The molecular formula is C28H21FN4O2. The van der Waals surface area contributed by atoms with Gasteiger partial charge in [0, 0.05) is 18.5 Å². The Morgan fingerprint density at radius 3 is 2.60 bits per heavy atom. The van der Waals surface area contributed by atoms with Crippen molar-refractivity contribution in [3.8, 4) is 6.07 Å².